The molecular formula is C15H13FN4O. The van der Waals surface area contributed by atoms with Crippen LogP contribution in [0.15, 0.2) is 36.4 Å². The number of nitrogens with one attached hydrogen (secondary N) is 1. The number of aromatic nitrogens is 3. The Bertz CT molecular complexity index is 807. The van der Waals surface area contributed by atoms with Gasteiger partial charge in [0.2, 0.25) is 5.95 Å². The second-order valence-electron chi connectivity index (χ2n) is 4.52. The number of hydrogen-bond acceptors (Lipinski definition) is 5. The molecule has 0 amide bonds. The topological polar surface area (TPSA) is 59.9 Å². The molecule has 2 aromatic carbocycles. The minimum Gasteiger partial charge on any atom is -0.494 e. The molecule has 0 saturated heterocycles. The van der Waals surface area contributed by atoms with Crippen molar-refractivity contribution in [3.8, 4) is 5.75 Å². The third kappa shape index (κ3) is 2.47. The quantitative estimate of drug-likeness (QED) is 0.800. The summed E-state index contributed by atoms with van der Waals surface area (Å²) in [4.78, 5) is 4.37. The molecule has 0 radical (unpaired) electrons. The predicted octanol–water partition coefficient (Wildman–Crippen LogP) is 3.22. The maximum atomic E-state index is 14.1. The smallest absolute Gasteiger partial charge is 0.247 e. The van der Waals surface area contributed by atoms with E-state index in [1.165, 1.54) is 7.11 Å². The first-order valence-electron chi connectivity index (χ1n) is 6.38. The lowest BCUT2D eigenvalue weighted by atomic mass is 10.2. The van der Waals surface area contributed by atoms with Crippen LogP contribution in [0.5, 0.6) is 5.75 Å². The first-order valence-corrected chi connectivity index (χ1v) is 6.38. The molecule has 0 fully saturated rings. The number of ether oxygens (including phenoxy) is 1. The Balaban J connectivity index is 2.00. The van der Waals surface area contributed by atoms with Gasteiger partial charge in [-0.2, -0.15) is 0 Å². The lowest BCUT2D eigenvalue weighted by Crippen LogP contribution is -2.02. The lowest BCUT2D eigenvalue weighted by Gasteiger charge is -2.09. The van der Waals surface area contributed by atoms with E-state index in [9.17, 15) is 4.39 Å². The zero-order valence-corrected chi connectivity index (χ0v) is 11.6. The molecule has 0 aliphatic heterocycles. The standard InChI is InChI=1S/C15H13FN4O/c1-9-5-3-7-11-14(9)18-15(20-19-11)17-10-6-4-8-12(21-2)13(10)16/h3-8H,1-2H3,(H,17,18,20). The predicted molar refractivity (Wildman–Crippen MR) is 78.3 cm³/mol. The maximum absolute atomic E-state index is 14.1. The zero-order valence-electron chi connectivity index (χ0n) is 11.6. The van der Waals surface area contributed by atoms with Gasteiger partial charge in [0, 0.05) is 0 Å². The molecule has 0 unspecified atom stereocenters. The number of methoxy groups -OCH3 is 1. The molecule has 0 saturated carbocycles. The van der Waals surface area contributed by atoms with Gasteiger partial charge in [-0.1, -0.05) is 18.2 Å². The van der Waals surface area contributed by atoms with Crippen LogP contribution in [0.25, 0.3) is 11.0 Å². The third-order valence-corrected chi connectivity index (χ3v) is 3.12. The average molecular weight is 284 g/mol. The van der Waals surface area contributed by atoms with E-state index in [0.717, 1.165) is 11.1 Å². The van der Waals surface area contributed by atoms with E-state index >= 15 is 0 Å². The van der Waals surface area contributed by atoms with Gasteiger partial charge < -0.3 is 10.1 Å². The fourth-order valence-corrected chi connectivity index (χ4v) is 2.04. The first-order chi connectivity index (χ1) is 10.2. The largest absolute Gasteiger partial charge is 0.494 e. The minimum atomic E-state index is -0.492. The monoisotopic (exact) mass is 284 g/mol. The summed E-state index contributed by atoms with van der Waals surface area (Å²) >= 11 is 0. The van der Waals surface area contributed by atoms with E-state index in [1.54, 1.807) is 18.2 Å². The van der Waals surface area contributed by atoms with Gasteiger partial charge in [0.1, 0.15) is 5.52 Å². The van der Waals surface area contributed by atoms with Crippen LogP contribution in [0, 0.1) is 12.7 Å². The fourth-order valence-electron chi connectivity index (χ4n) is 2.04. The molecule has 0 aliphatic carbocycles. The normalized spacial score (nSPS) is 10.6. The summed E-state index contributed by atoms with van der Waals surface area (Å²) in [6.07, 6.45) is 0. The number of fused-ring (bicyclic) bond motifs is 1. The summed E-state index contributed by atoms with van der Waals surface area (Å²) in [5.74, 6) is -0.0950. The van der Waals surface area contributed by atoms with E-state index in [2.05, 4.69) is 20.5 Å². The van der Waals surface area contributed by atoms with E-state index in [-0.39, 0.29) is 17.4 Å². The van der Waals surface area contributed by atoms with Gasteiger partial charge in [-0.15, -0.1) is 10.2 Å². The van der Waals surface area contributed by atoms with Crippen LogP contribution in [0.3, 0.4) is 0 Å². The van der Waals surface area contributed by atoms with Crippen LogP contribution in [-0.4, -0.2) is 22.3 Å². The van der Waals surface area contributed by atoms with Crippen molar-refractivity contribution in [3.63, 3.8) is 0 Å². The SMILES string of the molecule is COc1cccc(Nc2nnc3cccc(C)c3n2)c1F. The number of hydrogen-bond donors (Lipinski definition) is 1. The molecule has 21 heavy (non-hydrogen) atoms. The van der Waals surface area contributed by atoms with Gasteiger partial charge in [0.05, 0.1) is 18.3 Å². The summed E-state index contributed by atoms with van der Waals surface area (Å²) in [6.45, 7) is 1.94. The van der Waals surface area contributed by atoms with Gasteiger partial charge in [-0.25, -0.2) is 9.37 Å². The van der Waals surface area contributed by atoms with Crippen molar-refractivity contribution in [1.82, 2.24) is 15.2 Å². The number of para-hydroxylation sites is 1. The van der Waals surface area contributed by atoms with Crippen molar-refractivity contribution in [2.75, 3.05) is 12.4 Å². The molecule has 0 atom stereocenters. The van der Waals surface area contributed by atoms with Gasteiger partial charge in [0.15, 0.2) is 11.6 Å². The Morgan fingerprint density at radius 2 is 1.90 bits per heavy atom. The molecule has 1 heterocycles. The Hall–Kier alpha value is -2.76. The fraction of sp³-hybridized carbons (Fsp3) is 0.133. The van der Waals surface area contributed by atoms with E-state index in [0.29, 0.717) is 5.52 Å². The number of benzene rings is 2. The van der Waals surface area contributed by atoms with Crippen molar-refractivity contribution in [1.29, 1.82) is 0 Å². The third-order valence-electron chi connectivity index (χ3n) is 3.12. The van der Waals surface area contributed by atoms with Crippen molar-refractivity contribution in [2.45, 2.75) is 6.92 Å². The van der Waals surface area contributed by atoms with Crippen LogP contribution in [0.4, 0.5) is 16.0 Å². The number of rotatable bonds is 3. The molecule has 1 N–H and O–H groups in total. The minimum absolute atomic E-state index is 0.157. The molecule has 5 nitrogen and oxygen atoms in total. The van der Waals surface area contributed by atoms with E-state index < -0.39 is 5.82 Å². The van der Waals surface area contributed by atoms with Crippen LogP contribution in [-0.2, 0) is 0 Å². The highest BCUT2D eigenvalue weighted by molar-refractivity contribution is 5.78. The molecule has 3 aromatic rings. The van der Waals surface area contributed by atoms with Crippen LogP contribution in [0.2, 0.25) is 0 Å². The van der Waals surface area contributed by atoms with Crippen molar-refractivity contribution in [2.24, 2.45) is 0 Å². The Kier molecular flexibility index (Phi) is 3.35. The van der Waals surface area contributed by atoms with Gasteiger partial charge in [-0.3, -0.25) is 0 Å². The van der Waals surface area contributed by atoms with Crippen molar-refractivity contribution >= 4 is 22.7 Å². The lowest BCUT2D eigenvalue weighted by molar-refractivity contribution is 0.387. The summed E-state index contributed by atoms with van der Waals surface area (Å²) < 4.78 is 19.0. The van der Waals surface area contributed by atoms with Crippen LogP contribution < -0.4 is 10.1 Å². The van der Waals surface area contributed by atoms with Crippen LogP contribution in [0.1, 0.15) is 5.56 Å². The molecule has 0 spiro atoms. The summed E-state index contributed by atoms with van der Waals surface area (Å²) in [5, 5.41) is 10.9. The number of anilines is 2. The summed E-state index contributed by atoms with van der Waals surface area (Å²) in [5.41, 5.74) is 2.66. The number of nitrogens with zero attached hydrogens (tertiary/aromatic N) is 3. The Morgan fingerprint density at radius 3 is 2.71 bits per heavy atom. The van der Waals surface area contributed by atoms with Crippen LogP contribution >= 0.6 is 0 Å². The molecule has 0 aliphatic rings. The first kappa shape index (κ1) is 13.2. The summed E-state index contributed by atoms with van der Waals surface area (Å²) in [7, 11) is 1.42. The van der Waals surface area contributed by atoms with Gasteiger partial charge in [0.25, 0.3) is 0 Å². The molecular weight excluding hydrogens is 271 g/mol. The maximum Gasteiger partial charge on any atom is 0.247 e. The van der Waals surface area contributed by atoms with Crippen molar-refractivity contribution in [3.05, 3.63) is 47.8 Å². The van der Waals surface area contributed by atoms with E-state index in [4.69, 9.17) is 4.74 Å². The second kappa shape index (κ2) is 5.32. The highest BCUT2D eigenvalue weighted by Gasteiger charge is 2.10. The van der Waals surface area contributed by atoms with Gasteiger partial charge >= 0.3 is 0 Å². The summed E-state index contributed by atoms with van der Waals surface area (Å²) in [6, 6.07) is 10.5. The molecule has 0 bridgehead atoms. The zero-order chi connectivity index (χ0) is 14.8. The molecule has 1 aromatic heterocycles. The second-order valence-corrected chi connectivity index (χ2v) is 4.52. The molecule has 6 heteroatoms. The molecule has 3 rings (SSSR count). The number of halogens is 1. The highest BCUT2D eigenvalue weighted by atomic mass is 19.1. The van der Waals surface area contributed by atoms with Gasteiger partial charge in [-0.05, 0) is 30.7 Å². The number of aryl methyl sites for hydroxylation is 1. The van der Waals surface area contributed by atoms with E-state index in [1.807, 2.05) is 25.1 Å². The average Bonchev–Trinajstić information content (AvgIpc) is 2.50. The van der Waals surface area contributed by atoms with Crippen molar-refractivity contribution < 1.29 is 9.13 Å². The Labute approximate surface area is 120 Å². The molecule has 106 valence electrons. The highest BCUT2D eigenvalue weighted by Crippen LogP contribution is 2.26. The Morgan fingerprint density at radius 1 is 1.10 bits per heavy atom.